The molecule has 0 saturated carbocycles. The van der Waals surface area contributed by atoms with E-state index in [-0.39, 0.29) is 42.3 Å². The SMILES string of the molecule is C[C@@H]1CN([C@@H](C)CO)C(=O)c2cccc(NC(=O)Nc3cccc4ccccc34)c2O[C@H]1CN(C)C(=O)Nc1cccc2ccccc12. The predicted molar refractivity (Wildman–Crippen MR) is 190 cm³/mol. The van der Waals surface area contributed by atoms with Crippen LogP contribution in [0.15, 0.2) is 103 Å². The highest BCUT2D eigenvalue weighted by atomic mass is 16.5. The smallest absolute Gasteiger partial charge is 0.323 e. The Morgan fingerprint density at radius 1 is 0.833 bits per heavy atom. The van der Waals surface area contributed by atoms with E-state index < -0.39 is 18.2 Å². The molecule has 0 aliphatic carbocycles. The van der Waals surface area contributed by atoms with Gasteiger partial charge in [-0.25, -0.2) is 9.59 Å². The zero-order valence-electron chi connectivity index (χ0n) is 27.1. The summed E-state index contributed by atoms with van der Waals surface area (Å²) in [6.45, 7) is 3.98. The van der Waals surface area contributed by atoms with E-state index in [1.807, 2.05) is 91.9 Å². The molecule has 48 heavy (non-hydrogen) atoms. The molecule has 6 rings (SSSR count). The molecule has 246 valence electrons. The summed E-state index contributed by atoms with van der Waals surface area (Å²) < 4.78 is 6.60. The van der Waals surface area contributed by atoms with E-state index in [1.165, 1.54) is 0 Å². The van der Waals surface area contributed by atoms with E-state index >= 15 is 0 Å². The molecule has 10 nitrogen and oxygen atoms in total. The van der Waals surface area contributed by atoms with Crippen LogP contribution < -0.4 is 20.7 Å². The number of anilines is 3. The van der Waals surface area contributed by atoms with Gasteiger partial charge in [0, 0.05) is 30.3 Å². The number of benzene rings is 5. The van der Waals surface area contributed by atoms with Crippen molar-refractivity contribution < 1.29 is 24.2 Å². The van der Waals surface area contributed by atoms with Gasteiger partial charge in [-0.1, -0.05) is 85.8 Å². The van der Waals surface area contributed by atoms with Gasteiger partial charge in [0.15, 0.2) is 5.75 Å². The van der Waals surface area contributed by atoms with Gasteiger partial charge < -0.3 is 35.6 Å². The third-order valence-corrected chi connectivity index (χ3v) is 8.81. The van der Waals surface area contributed by atoms with Crippen LogP contribution in [0, 0.1) is 5.92 Å². The van der Waals surface area contributed by atoms with Gasteiger partial charge in [-0.15, -0.1) is 0 Å². The fourth-order valence-electron chi connectivity index (χ4n) is 6.07. The Bertz CT molecular complexity index is 1970. The van der Waals surface area contributed by atoms with Crippen LogP contribution in [0.2, 0.25) is 0 Å². The van der Waals surface area contributed by atoms with Crippen LogP contribution in [-0.2, 0) is 0 Å². The van der Waals surface area contributed by atoms with Crippen LogP contribution in [0.3, 0.4) is 0 Å². The first-order valence-electron chi connectivity index (χ1n) is 16.0. The van der Waals surface area contributed by atoms with Gasteiger partial charge in [0.2, 0.25) is 0 Å². The molecule has 1 heterocycles. The molecule has 5 amide bonds. The highest BCUT2D eigenvalue weighted by Gasteiger charge is 2.35. The number of rotatable bonds is 7. The van der Waals surface area contributed by atoms with Crippen molar-refractivity contribution in [1.29, 1.82) is 0 Å². The summed E-state index contributed by atoms with van der Waals surface area (Å²) >= 11 is 0. The van der Waals surface area contributed by atoms with E-state index in [0.717, 1.165) is 21.5 Å². The Morgan fingerprint density at radius 3 is 2.02 bits per heavy atom. The molecule has 0 saturated heterocycles. The Hall–Kier alpha value is -5.61. The van der Waals surface area contributed by atoms with Gasteiger partial charge in [0.05, 0.1) is 41.8 Å². The Morgan fingerprint density at radius 2 is 1.38 bits per heavy atom. The standard InChI is InChI=1S/C38H39N5O5/c1-24-21-43(25(2)23-44)36(45)30-17-10-20-33(40-37(46)39-31-18-8-13-26-11-4-6-15-28(26)31)35(30)48-34(24)22-42(3)38(47)41-32-19-9-14-27-12-5-7-16-29(27)32/h4-20,24-25,34,44H,21-23H2,1-3H3,(H,41,47)(H2,39,40,46)/t24-,25+,34+/m1/s1. The second-order valence-corrected chi connectivity index (χ2v) is 12.2. The first-order chi connectivity index (χ1) is 23.2. The fourth-order valence-corrected chi connectivity index (χ4v) is 6.07. The number of carbonyl (C=O) groups is 3. The molecule has 10 heteroatoms. The van der Waals surface area contributed by atoms with Gasteiger partial charge in [0.1, 0.15) is 6.10 Å². The summed E-state index contributed by atoms with van der Waals surface area (Å²) in [5.41, 5.74) is 1.88. The summed E-state index contributed by atoms with van der Waals surface area (Å²) in [5, 5.41) is 22.7. The first-order valence-corrected chi connectivity index (χ1v) is 16.0. The summed E-state index contributed by atoms with van der Waals surface area (Å²) in [5.74, 6) is -0.372. The van der Waals surface area contributed by atoms with E-state index in [1.54, 1.807) is 42.0 Å². The quantitative estimate of drug-likeness (QED) is 0.152. The second-order valence-electron chi connectivity index (χ2n) is 12.2. The molecule has 1 aliphatic heterocycles. The number of hydrogen-bond donors (Lipinski definition) is 4. The number of aliphatic hydroxyl groups excluding tert-OH is 1. The minimum Gasteiger partial charge on any atom is -0.485 e. The van der Waals surface area contributed by atoms with Gasteiger partial charge in [-0.2, -0.15) is 0 Å². The van der Waals surface area contributed by atoms with Crippen LogP contribution in [0.1, 0.15) is 24.2 Å². The third-order valence-electron chi connectivity index (χ3n) is 8.81. The van der Waals surface area contributed by atoms with E-state index in [9.17, 15) is 19.5 Å². The highest BCUT2D eigenvalue weighted by molar-refractivity contribution is 6.08. The highest BCUT2D eigenvalue weighted by Crippen LogP contribution is 2.35. The van der Waals surface area contributed by atoms with E-state index in [4.69, 9.17) is 4.74 Å². The summed E-state index contributed by atoms with van der Waals surface area (Å²) in [7, 11) is 1.69. The van der Waals surface area contributed by atoms with Gasteiger partial charge >= 0.3 is 12.1 Å². The maximum atomic E-state index is 13.9. The number of carbonyl (C=O) groups excluding carboxylic acids is 3. The molecule has 0 fully saturated rings. The maximum absolute atomic E-state index is 13.9. The number of hydrogen-bond acceptors (Lipinski definition) is 5. The largest absolute Gasteiger partial charge is 0.485 e. The van der Waals surface area contributed by atoms with Crippen molar-refractivity contribution in [2.75, 3.05) is 42.7 Å². The second kappa shape index (κ2) is 14.0. The minimum atomic E-state index is -0.572. The average Bonchev–Trinajstić information content (AvgIpc) is 3.10. The van der Waals surface area contributed by atoms with Crippen molar-refractivity contribution in [2.24, 2.45) is 5.92 Å². The minimum absolute atomic E-state index is 0.184. The van der Waals surface area contributed by atoms with E-state index in [2.05, 4.69) is 16.0 Å². The molecule has 5 aromatic rings. The Labute approximate surface area is 279 Å². The van der Waals surface area contributed by atoms with Crippen LogP contribution in [0.5, 0.6) is 5.75 Å². The predicted octanol–water partition coefficient (Wildman–Crippen LogP) is 7.02. The molecule has 0 radical (unpaired) electrons. The lowest BCUT2D eigenvalue weighted by atomic mass is 9.99. The molecule has 0 unspecified atom stereocenters. The van der Waals surface area contributed by atoms with Gasteiger partial charge in [-0.3, -0.25) is 4.79 Å². The van der Waals surface area contributed by atoms with Crippen molar-refractivity contribution in [2.45, 2.75) is 26.0 Å². The average molecular weight is 646 g/mol. The molecule has 4 N–H and O–H groups in total. The number of nitrogens with one attached hydrogen (secondary N) is 3. The Kier molecular flexibility index (Phi) is 9.45. The molecule has 1 aliphatic rings. The molecule has 0 aromatic heterocycles. The first kappa shape index (κ1) is 32.3. The van der Waals surface area contributed by atoms with Gasteiger partial charge in [0.25, 0.3) is 5.91 Å². The number of likely N-dealkylation sites (N-methyl/N-ethyl adjacent to an activating group) is 1. The lowest BCUT2D eigenvalue weighted by Gasteiger charge is -2.38. The summed E-state index contributed by atoms with van der Waals surface area (Å²) in [6.07, 6.45) is -0.572. The van der Waals surface area contributed by atoms with Crippen molar-refractivity contribution in [3.8, 4) is 5.75 Å². The molecule has 5 aromatic carbocycles. The van der Waals surface area contributed by atoms with E-state index in [0.29, 0.717) is 23.6 Å². The Balaban J connectivity index is 1.27. The maximum Gasteiger partial charge on any atom is 0.323 e. The number of urea groups is 2. The lowest BCUT2D eigenvalue weighted by molar-refractivity contribution is 0.0373. The van der Waals surface area contributed by atoms with Crippen molar-refractivity contribution in [3.63, 3.8) is 0 Å². The number of para-hydroxylation sites is 1. The van der Waals surface area contributed by atoms with Crippen molar-refractivity contribution >= 4 is 56.6 Å². The molecular weight excluding hydrogens is 606 g/mol. The lowest BCUT2D eigenvalue weighted by Crippen LogP contribution is -2.50. The van der Waals surface area contributed by atoms with Crippen LogP contribution in [0.25, 0.3) is 21.5 Å². The van der Waals surface area contributed by atoms with Crippen molar-refractivity contribution in [3.05, 3.63) is 109 Å². The number of amides is 5. The summed E-state index contributed by atoms with van der Waals surface area (Å²) in [4.78, 5) is 43.9. The molecule has 0 spiro atoms. The number of ether oxygens (including phenoxy) is 1. The van der Waals surface area contributed by atoms with Crippen LogP contribution in [-0.4, -0.2) is 71.8 Å². The number of fused-ring (bicyclic) bond motifs is 3. The third kappa shape index (κ3) is 6.74. The zero-order valence-corrected chi connectivity index (χ0v) is 27.1. The molecule has 0 bridgehead atoms. The van der Waals surface area contributed by atoms with Gasteiger partial charge in [-0.05, 0) is 42.0 Å². The van der Waals surface area contributed by atoms with Crippen molar-refractivity contribution in [1.82, 2.24) is 9.80 Å². The number of aliphatic hydroxyl groups is 1. The molecular formula is C38H39N5O5. The number of nitrogens with zero attached hydrogens (tertiary/aromatic N) is 2. The van der Waals surface area contributed by atoms with Crippen LogP contribution in [0.4, 0.5) is 26.7 Å². The molecule has 3 atom stereocenters. The topological polar surface area (TPSA) is 123 Å². The van der Waals surface area contributed by atoms with Crippen LogP contribution >= 0.6 is 0 Å². The summed E-state index contributed by atoms with van der Waals surface area (Å²) in [6, 6.07) is 30.7. The zero-order chi connectivity index (χ0) is 33.8. The normalized spacial score (nSPS) is 16.7. The monoisotopic (exact) mass is 645 g/mol. The fraction of sp³-hybridized carbons (Fsp3) is 0.237.